The molecule has 29 heavy (non-hydrogen) atoms. The summed E-state index contributed by atoms with van der Waals surface area (Å²) in [7, 11) is 0. The molecule has 3 aromatic rings. The molecule has 0 bridgehead atoms. The molecule has 0 aliphatic heterocycles. The topological polar surface area (TPSA) is 17.8 Å². The van der Waals surface area contributed by atoms with E-state index in [-0.39, 0.29) is 12.4 Å². The molecule has 1 heterocycles. The predicted molar refractivity (Wildman–Crippen MR) is 130 cm³/mol. The average molecular weight is 411 g/mol. The van der Waals surface area contributed by atoms with Gasteiger partial charge in [0.15, 0.2) is 0 Å². The zero-order valence-corrected chi connectivity index (χ0v) is 18.5. The van der Waals surface area contributed by atoms with Gasteiger partial charge in [0.1, 0.15) is 5.82 Å². The lowest BCUT2D eigenvalue weighted by atomic mass is 10.1. The predicted octanol–water partition coefficient (Wildman–Crippen LogP) is 8.16. The van der Waals surface area contributed by atoms with E-state index >= 15 is 0 Å². The Morgan fingerprint density at radius 2 is 1.34 bits per heavy atom. The van der Waals surface area contributed by atoms with Gasteiger partial charge in [-0.2, -0.15) is 0 Å². The Hall–Kier alpha value is -2.06. The van der Waals surface area contributed by atoms with Crippen LogP contribution in [0.2, 0.25) is 0 Å². The molecule has 0 N–H and O–H groups in total. The lowest BCUT2D eigenvalue weighted by Gasteiger charge is -2.07. The number of rotatable bonds is 12. The first-order valence-electron chi connectivity index (χ1n) is 11.1. The number of unbranched alkanes of at least 4 members (excludes halogenated alkanes) is 8. The molecule has 2 nitrogen and oxygen atoms in total. The van der Waals surface area contributed by atoms with Gasteiger partial charge < -0.3 is 4.57 Å². The Balaban J connectivity index is 0.00000300. The maximum Gasteiger partial charge on any atom is 0.133 e. The molecule has 0 aliphatic carbocycles. The van der Waals surface area contributed by atoms with Gasteiger partial charge in [-0.25, -0.2) is 4.98 Å². The second-order valence-electron chi connectivity index (χ2n) is 7.68. The van der Waals surface area contributed by atoms with Crippen LogP contribution in [-0.2, 0) is 6.54 Å². The molecule has 3 heteroatoms. The average Bonchev–Trinajstić information content (AvgIpc) is 3.09. The normalized spacial score (nSPS) is 11.2. The lowest BCUT2D eigenvalue weighted by molar-refractivity contribution is 0.541. The lowest BCUT2D eigenvalue weighted by Crippen LogP contribution is -2.00. The fraction of sp³-hybridized carbons (Fsp3) is 0.423. The fourth-order valence-electron chi connectivity index (χ4n) is 3.77. The zero-order chi connectivity index (χ0) is 19.4. The molecule has 0 atom stereocenters. The van der Waals surface area contributed by atoms with Crippen molar-refractivity contribution in [2.24, 2.45) is 0 Å². The fourth-order valence-corrected chi connectivity index (χ4v) is 3.77. The number of hydrogen-bond donors (Lipinski definition) is 0. The number of hydrogen-bond acceptors (Lipinski definition) is 1. The van der Waals surface area contributed by atoms with Crippen molar-refractivity contribution < 1.29 is 0 Å². The van der Waals surface area contributed by atoms with Gasteiger partial charge >= 0.3 is 0 Å². The SMILES string of the molecule is CCCCCCCCCCCn1c(/C=C/c2ccccc2)nc2ccccc21.Cl. The first-order valence-corrected chi connectivity index (χ1v) is 11.1. The van der Waals surface area contributed by atoms with Crippen molar-refractivity contribution >= 4 is 35.6 Å². The van der Waals surface area contributed by atoms with Gasteiger partial charge in [0.25, 0.3) is 0 Å². The van der Waals surface area contributed by atoms with Crippen molar-refractivity contribution in [3.63, 3.8) is 0 Å². The maximum atomic E-state index is 4.86. The molecule has 0 saturated carbocycles. The highest BCUT2D eigenvalue weighted by Crippen LogP contribution is 2.19. The van der Waals surface area contributed by atoms with Gasteiger partial charge in [0.2, 0.25) is 0 Å². The van der Waals surface area contributed by atoms with E-state index in [4.69, 9.17) is 4.98 Å². The Morgan fingerprint density at radius 3 is 2.07 bits per heavy atom. The molecule has 0 fully saturated rings. The maximum absolute atomic E-state index is 4.86. The van der Waals surface area contributed by atoms with Crippen LogP contribution in [0.25, 0.3) is 23.2 Å². The first kappa shape index (κ1) is 23.2. The third-order valence-electron chi connectivity index (χ3n) is 5.39. The van der Waals surface area contributed by atoms with E-state index in [1.165, 1.54) is 68.9 Å². The smallest absolute Gasteiger partial charge is 0.133 e. The largest absolute Gasteiger partial charge is 0.324 e. The van der Waals surface area contributed by atoms with Crippen LogP contribution in [0.4, 0.5) is 0 Å². The summed E-state index contributed by atoms with van der Waals surface area (Å²) >= 11 is 0. The summed E-state index contributed by atoms with van der Waals surface area (Å²) in [6.45, 7) is 3.33. The molecule has 156 valence electrons. The minimum atomic E-state index is 0. The molecule has 0 saturated heterocycles. The Bertz CT molecular complexity index is 852. The standard InChI is InChI=1S/C26H34N2.ClH/c1-2-3-4-5-6-7-8-9-15-22-28-25-19-14-13-18-24(25)27-26(28)21-20-23-16-11-10-12-17-23;/h10-14,16-21H,2-9,15,22H2,1H3;1H/b21-20+;. The number of fused-ring (bicyclic) bond motifs is 1. The van der Waals surface area contributed by atoms with Crippen molar-refractivity contribution in [1.29, 1.82) is 0 Å². The summed E-state index contributed by atoms with van der Waals surface area (Å²) in [5.74, 6) is 1.06. The molecule has 0 aliphatic rings. The van der Waals surface area contributed by atoms with Gasteiger partial charge in [0, 0.05) is 6.54 Å². The second-order valence-corrected chi connectivity index (χ2v) is 7.68. The molecular formula is C26H35ClN2. The van der Waals surface area contributed by atoms with E-state index in [0.717, 1.165) is 17.9 Å². The Morgan fingerprint density at radius 1 is 0.724 bits per heavy atom. The molecular weight excluding hydrogens is 376 g/mol. The van der Waals surface area contributed by atoms with Crippen molar-refractivity contribution in [1.82, 2.24) is 9.55 Å². The van der Waals surface area contributed by atoms with Gasteiger partial charge in [-0.15, -0.1) is 12.4 Å². The number of aromatic nitrogens is 2. The minimum Gasteiger partial charge on any atom is -0.324 e. The van der Waals surface area contributed by atoms with Crippen LogP contribution in [0.1, 0.15) is 76.1 Å². The van der Waals surface area contributed by atoms with E-state index < -0.39 is 0 Å². The Labute approximate surface area is 182 Å². The van der Waals surface area contributed by atoms with Crippen molar-refractivity contribution in [3.05, 3.63) is 66.0 Å². The second kappa shape index (κ2) is 13.2. The third-order valence-corrected chi connectivity index (χ3v) is 5.39. The van der Waals surface area contributed by atoms with Crippen LogP contribution in [0.15, 0.2) is 54.6 Å². The summed E-state index contributed by atoms with van der Waals surface area (Å²) in [5, 5.41) is 0. The number of imidazole rings is 1. The van der Waals surface area contributed by atoms with Gasteiger partial charge in [0.05, 0.1) is 11.0 Å². The van der Waals surface area contributed by atoms with E-state index in [1.54, 1.807) is 0 Å². The number of aryl methyl sites for hydroxylation is 1. The van der Waals surface area contributed by atoms with Crippen LogP contribution in [-0.4, -0.2) is 9.55 Å². The monoisotopic (exact) mass is 410 g/mol. The molecule has 0 amide bonds. The van der Waals surface area contributed by atoms with Gasteiger partial charge in [-0.1, -0.05) is 107 Å². The van der Waals surface area contributed by atoms with E-state index in [2.05, 4.69) is 78.2 Å². The van der Waals surface area contributed by atoms with Crippen LogP contribution < -0.4 is 0 Å². The summed E-state index contributed by atoms with van der Waals surface area (Å²) in [5.41, 5.74) is 3.55. The van der Waals surface area contributed by atoms with Crippen molar-refractivity contribution in [2.45, 2.75) is 71.3 Å². The van der Waals surface area contributed by atoms with Crippen LogP contribution in [0, 0.1) is 0 Å². The summed E-state index contributed by atoms with van der Waals surface area (Å²) < 4.78 is 2.38. The van der Waals surface area contributed by atoms with Crippen molar-refractivity contribution in [2.75, 3.05) is 0 Å². The molecule has 0 radical (unpaired) electrons. The summed E-state index contributed by atoms with van der Waals surface area (Å²) in [6.07, 6.45) is 16.5. The van der Waals surface area contributed by atoms with Crippen LogP contribution >= 0.6 is 12.4 Å². The highest BCUT2D eigenvalue weighted by molar-refractivity contribution is 5.85. The number of halogens is 1. The summed E-state index contributed by atoms with van der Waals surface area (Å²) in [4.78, 5) is 4.86. The first-order chi connectivity index (χ1) is 13.9. The third kappa shape index (κ3) is 7.36. The Kier molecular flexibility index (Phi) is 10.6. The number of para-hydroxylation sites is 2. The number of benzene rings is 2. The minimum absolute atomic E-state index is 0. The van der Waals surface area contributed by atoms with Crippen molar-refractivity contribution in [3.8, 4) is 0 Å². The molecule has 2 aromatic carbocycles. The summed E-state index contributed by atoms with van der Waals surface area (Å²) in [6, 6.07) is 18.9. The molecule has 0 unspecified atom stereocenters. The van der Waals surface area contributed by atoms with E-state index in [1.807, 2.05) is 0 Å². The van der Waals surface area contributed by atoms with E-state index in [9.17, 15) is 0 Å². The highest BCUT2D eigenvalue weighted by Gasteiger charge is 2.07. The van der Waals surface area contributed by atoms with Crippen LogP contribution in [0.5, 0.6) is 0 Å². The van der Waals surface area contributed by atoms with E-state index in [0.29, 0.717) is 0 Å². The molecule has 1 aromatic heterocycles. The number of nitrogens with zero attached hydrogens (tertiary/aromatic N) is 2. The van der Waals surface area contributed by atoms with Crippen LogP contribution in [0.3, 0.4) is 0 Å². The zero-order valence-electron chi connectivity index (χ0n) is 17.7. The quantitative estimate of drug-likeness (QED) is 0.275. The molecule has 0 spiro atoms. The highest BCUT2D eigenvalue weighted by atomic mass is 35.5. The van der Waals surface area contributed by atoms with Gasteiger partial charge in [-0.3, -0.25) is 0 Å². The van der Waals surface area contributed by atoms with Gasteiger partial charge in [-0.05, 0) is 30.2 Å². The molecule has 3 rings (SSSR count).